The van der Waals surface area contributed by atoms with E-state index in [1.54, 1.807) is 6.07 Å². The number of anilines is 1. The Morgan fingerprint density at radius 2 is 1.65 bits per heavy atom. The molecule has 1 aromatic carbocycles. The predicted molar refractivity (Wildman–Crippen MR) is 91.1 cm³/mol. The van der Waals surface area contributed by atoms with Crippen LogP contribution in [0.5, 0.6) is 0 Å². The van der Waals surface area contributed by atoms with E-state index in [2.05, 4.69) is 28.1 Å². The molecule has 2 saturated carbocycles. The van der Waals surface area contributed by atoms with Crippen molar-refractivity contribution in [2.45, 2.75) is 13.3 Å². The quantitative estimate of drug-likeness (QED) is 0.536. The van der Waals surface area contributed by atoms with Gasteiger partial charge in [0.15, 0.2) is 0 Å². The van der Waals surface area contributed by atoms with Crippen LogP contribution in [-0.2, 0) is 9.59 Å². The van der Waals surface area contributed by atoms with Gasteiger partial charge in [0.1, 0.15) is 0 Å². The van der Waals surface area contributed by atoms with Crippen molar-refractivity contribution in [3.8, 4) is 0 Å². The number of carbonyl (C=O) groups excluding carboxylic acids is 2. The minimum atomic E-state index is -0.164. The molecule has 5 heteroatoms. The fraction of sp³-hybridized carbons (Fsp3) is 0.444. The van der Waals surface area contributed by atoms with Crippen molar-refractivity contribution in [3.63, 3.8) is 0 Å². The Bertz CT molecular complexity index is 768. The lowest BCUT2D eigenvalue weighted by Crippen LogP contribution is -2.40. The van der Waals surface area contributed by atoms with Crippen LogP contribution in [-0.4, -0.2) is 11.8 Å². The number of hydrogen-bond donors (Lipinski definition) is 0. The second-order valence-electron chi connectivity index (χ2n) is 7.22. The highest BCUT2D eigenvalue weighted by atomic mass is 79.9. The zero-order valence-corrected chi connectivity index (χ0v) is 14.8. The first-order chi connectivity index (χ1) is 11.0. The number of benzene rings is 1. The van der Waals surface area contributed by atoms with Crippen molar-refractivity contribution >= 4 is 45.0 Å². The Morgan fingerprint density at radius 3 is 2.22 bits per heavy atom. The van der Waals surface area contributed by atoms with Gasteiger partial charge in [-0.25, -0.2) is 4.90 Å². The molecule has 0 radical (unpaired) electrons. The van der Waals surface area contributed by atoms with Crippen LogP contribution in [0.2, 0.25) is 5.02 Å². The average molecular weight is 393 g/mol. The van der Waals surface area contributed by atoms with Gasteiger partial charge in [-0.15, -0.1) is 0 Å². The molecule has 1 heterocycles. The number of hydrogen-bond acceptors (Lipinski definition) is 2. The molecule has 2 amide bonds. The Kier molecular flexibility index (Phi) is 2.77. The molecule has 6 atom stereocenters. The molecule has 5 aliphatic rings. The van der Waals surface area contributed by atoms with Crippen molar-refractivity contribution < 1.29 is 9.59 Å². The second-order valence-corrected chi connectivity index (χ2v) is 8.48. The van der Waals surface area contributed by atoms with E-state index in [9.17, 15) is 9.59 Å². The molecule has 4 aliphatic carbocycles. The number of imide groups is 1. The van der Waals surface area contributed by atoms with E-state index in [1.807, 2.05) is 13.0 Å². The third-order valence-corrected chi connectivity index (χ3v) is 7.34. The van der Waals surface area contributed by atoms with E-state index in [0.29, 0.717) is 22.5 Å². The summed E-state index contributed by atoms with van der Waals surface area (Å²) in [5.41, 5.74) is 1.52. The van der Waals surface area contributed by atoms with Gasteiger partial charge >= 0.3 is 0 Å². The summed E-state index contributed by atoms with van der Waals surface area (Å²) in [7, 11) is 0. The van der Waals surface area contributed by atoms with Crippen LogP contribution in [0.3, 0.4) is 0 Å². The fourth-order valence-corrected chi connectivity index (χ4v) is 5.69. The van der Waals surface area contributed by atoms with Crippen molar-refractivity contribution in [2.75, 3.05) is 4.90 Å². The Labute approximate surface area is 147 Å². The van der Waals surface area contributed by atoms with Crippen LogP contribution in [0.15, 0.2) is 28.8 Å². The summed E-state index contributed by atoms with van der Waals surface area (Å²) >= 11 is 9.60. The molecule has 0 N–H and O–H groups in total. The molecule has 23 heavy (non-hydrogen) atoms. The zero-order valence-electron chi connectivity index (χ0n) is 12.5. The molecule has 0 spiro atoms. The van der Waals surface area contributed by atoms with Crippen LogP contribution in [0.25, 0.3) is 0 Å². The van der Waals surface area contributed by atoms with Gasteiger partial charge < -0.3 is 0 Å². The summed E-state index contributed by atoms with van der Waals surface area (Å²) in [6.07, 6.45) is 5.56. The van der Waals surface area contributed by atoms with Crippen LogP contribution < -0.4 is 4.90 Å². The van der Waals surface area contributed by atoms with E-state index in [1.165, 1.54) is 11.3 Å². The van der Waals surface area contributed by atoms with Gasteiger partial charge in [0, 0.05) is 4.47 Å². The molecule has 1 aromatic rings. The second kappa shape index (κ2) is 4.48. The largest absolute Gasteiger partial charge is 0.274 e. The van der Waals surface area contributed by atoms with Crippen LogP contribution in [0.1, 0.15) is 12.0 Å². The predicted octanol–water partition coefficient (Wildman–Crippen LogP) is 3.97. The van der Waals surface area contributed by atoms with Crippen LogP contribution in [0.4, 0.5) is 5.69 Å². The van der Waals surface area contributed by atoms with Crippen molar-refractivity contribution in [1.82, 2.24) is 0 Å². The fourth-order valence-electron chi connectivity index (χ4n) is 5.07. The third kappa shape index (κ3) is 1.71. The molecule has 0 unspecified atom stereocenters. The van der Waals surface area contributed by atoms with Gasteiger partial charge in [0.2, 0.25) is 11.8 Å². The standard InChI is InChI=1S/C18H15BrClNO2/c1-7-4-12(19)13(20)6-14(7)21-17(22)15-8-2-3-9(11-5-10(8)11)16(15)18(21)23/h2-4,6,8-11,15-16H,5H2,1H3/t8-,9-,10-,11+,15-,16+/m0/s1. The molecule has 1 saturated heterocycles. The summed E-state index contributed by atoms with van der Waals surface area (Å²) in [5, 5.41) is 0.519. The maximum absolute atomic E-state index is 13.1. The molecule has 3 fully saturated rings. The minimum Gasteiger partial charge on any atom is -0.274 e. The van der Waals surface area contributed by atoms with Gasteiger partial charge in [-0.3, -0.25) is 9.59 Å². The zero-order chi connectivity index (χ0) is 16.0. The highest BCUT2D eigenvalue weighted by molar-refractivity contribution is 9.10. The number of carbonyl (C=O) groups is 2. The van der Waals surface area contributed by atoms with Gasteiger partial charge in [-0.1, -0.05) is 23.8 Å². The SMILES string of the molecule is Cc1cc(Br)c(Cl)cc1N1C(=O)[C@@H]2[C@H]3C=C[C@@H]([C@@H]4C[C@H]34)[C@@H]2C1=O. The number of aryl methyl sites for hydroxylation is 1. The molecule has 0 aromatic heterocycles. The molecule has 1 aliphatic heterocycles. The van der Waals surface area contributed by atoms with Gasteiger partial charge in [0.25, 0.3) is 0 Å². The molecular weight excluding hydrogens is 378 g/mol. The smallest absolute Gasteiger partial charge is 0.238 e. The molecule has 2 bridgehead atoms. The number of amides is 2. The first-order valence-corrected chi connectivity index (χ1v) is 9.18. The van der Waals surface area contributed by atoms with E-state index < -0.39 is 0 Å². The Hall–Kier alpha value is -1.13. The summed E-state index contributed by atoms with van der Waals surface area (Å²) in [4.78, 5) is 27.5. The average Bonchev–Trinajstić information content (AvgIpc) is 3.29. The normalized spacial score (nSPS) is 39.7. The van der Waals surface area contributed by atoms with Crippen LogP contribution in [0, 0.1) is 42.4 Å². The summed E-state index contributed by atoms with van der Waals surface area (Å²) in [6, 6.07) is 3.59. The minimum absolute atomic E-state index is 0.0359. The van der Waals surface area contributed by atoms with Crippen molar-refractivity contribution in [1.29, 1.82) is 0 Å². The highest BCUT2D eigenvalue weighted by Crippen LogP contribution is 2.65. The third-order valence-electron chi connectivity index (χ3n) is 6.14. The van der Waals surface area contributed by atoms with Gasteiger partial charge in [0.05, 0.1) is 22.5 Å². The first kappa shape index (κ1) is 14.2. The van der Waals surface area contributed by atoms with E-state index in [-0.39, 0.29) is 35.5 Å². The lowest BCUT2D eigenvalue weighted by Gasteiger charge is -2.37. The van der Waals surface area contributed by atoms with Crippen molar-refractivity contribution in [3.05, 3.63) is 39.3 Å². The number of halogens is 2. The Morgan fingerprint density at radius 1 is 1.09 bits per heavy atom. The molecule has 6 rings (SSSR count). The van der Waals surface area contributed by atoms with Gasteiger partial charge in [-0.2, -0.15) is 0 Å². The van der Waals surface area contributed by atoms with Crippen molar-refractivity contribution in [2.24, 2.45) is 35.5 Å². The maximum atomic E-state index is 13.1. The van der Waals surface area contributed by atoms with Gasteiger partial charge in [-0.05, 0) is 70.6 Å². The van der Waals surface area contributed by atoms with E-state index in [4.69, 9.17) is 11.6 Å². The van der Waals surface area contributed by atoms with E-state index in [0.717, 1.165) is 10.0 Å². The summed E-state index contributed by atoms with van der Waals surface area (Å²) in [6.45, 7) is 1.91. The molecule has 118 valence electrons. The monoisotopic (exact) mass is 391 g/mol. The van der Waals surface area contributed by atoms with Crippen LogP contribution >= 0.6 is 27.5 Å². The first-order valence-electron chi connectivity index (χ1n) is 8.01. The highest BCUT2D eigenvalue weighted by Gasteiger charge is 2.67. The molecule has 3 nitrogen and oxygen atoms in total. The lowest BCUT2D eigenvalue weighted by molar-refractivity contribution is -0.124. The van der Waals surface area contributed by atoms with E-state index >= 15 is 0 Å². The lowest BCUT2D eigenvalue weighted by atomic mass is 9.63. The Balaban J connectivity index is 1.61. The topological polar surface area (TPSA) is 37.4 Å². The summed E-state index contributed by atoms with van der Waals surface area (Å²) < 4.78 is 0.778. The number of nitrogens with zero attached hydrogens (tertiary/aromatic N) is 1. The number of rotatable bonds is 1. The summed E-state index contributed by atoms with van der Waals surface area (Å²) in [5.74, 6) is 1.35. The number of allylic oxidation sites excluding steroid dienone is 2. The maximum Gasteiger partial charge on any atom is 0.238 e. The molecular formula is C18H15BrClNO2.